The van der Waals surface area contributed by atoms with Crippen molar-refractivity contribution in [3.05, 3.63) is 56.5 Å². The molecule has 0 bridgehead atoms. The molecule has 1 aromatic heterocycles. The Hall–Kier alpha value is -2.14. The van der Waals surface area contributed by atoms with Crippen molar-refractivity contribution in [3.8, 4) is 0 Å². The van der Waals surface area contributed by atoms with Crippen LogP contribution >= 0.6 is 22.9 Å². The summed E-state index contributed by atoms with van der Waals surface area (Å²) in [6.07, 6.45) is 0.161. The molecule has 1 saturated heterocycles. The van der Waals surface area contributed by atoms with Crippen LogP contribution in [0.2, 0.25) is 5.02 Å². The SMILES string of the molecule is [C-]#[N+]c1c(N2CCOCC2)sc(C(=O)O)c1Cc1ccc(Cl)c(F)c1. The summed E-state index contributed by atoms with van der Waals surface area (Å²) < 4.78 is 19.0. The van der Waals surface area contributed by atoms with Crippen LogP contribution in [0.3, 0.4) is 0 Å². The molecule has 0 spiro atoms. The van der Waals surface area contributed by atoms with Crippen molar-refractivity contribution < 1.29 is 19.0 Å². The van der Waals surface area contributed by atoms with Crippen molar-refractivity contribution in [2.45, 2.75) is 6.42 Å². The molecular weight excluding hydrogens is 367 g/mol. The van der Waals surface area contributed by atoms with Gasteiger partial charge in [-0.2, -0.15) is 0 Å². The minimum absolute atomic E-state index is 0.00642. The third-order valence-electron chi connectivity index (χ3n) is 3.93. The van der Waals surface area contributed by atoms with Crippen LogP contribution in [0, 0.1) is 12.4 Å². The van der Waals surface area contributed by atoms with Crippen molar-refractivity contribution in [3.63, 3.8) is 0 Å². The number of nitrogens with zero attached hydrogens (tertiary/aromatic N) is 2. The molecule has 8 heteroatoms. The summed E-state index contributed by atoms with van der Waals surface area (Å²) in [4.78, 5) is 17.3. The molecular formula is C17H14ClFN2O3S. The highest BCUT2D eigenvalue weighted by Gasteiger charge is 2.27. The van der Waals surface area contributed by atoms with Crippen LogP contribution < -0.4 is 4.90 Å². The molecule has 0 saturated carbocycles. The largest absolute Gasteiger partial charge is 0.477 e. The minimum atomic E-state index is -1.08. The van der Waals surface area contributed by atoms with Gasteiger partial charge in [0.2, 0.25) is 5.69 Å². The Kier molecular flexibility index (Phi) is 5.23. The highest BCUT2D eigenvalue weighted by molar-refractivity contribution is 7.18. The van der Waals surface area contributed by atoms with Gasteiger partial charge >= 0.3 is 5.97 Å². The Balaban J connectivity index is 2.04. The zero-order chi connectivity index (χ0) is 18.0. The first-order chi connectivity index (χ1) is 12.0. The second-order valence-electron chi connectivity index (χ2n) is 5.51. The van der Waals surface area contributed by atoms with Crippen molar-refractivity contribution in [1.29, 1.82) is 0 Å². The van der Waals surface area contributed by atoms with Crippen LogP contribution in [0.5, 0.6) is 0 Å². The molecule has 0 atom stereocenters. The Labute approximate surface area is 153 Å². The maximum atomic E-state index is 13.7. The predicted octanol–water partition coefficient (Wildman–Crippen LogP) is 4.22. The zero-order valence-electron chi connectivity index (χ0n) is 13.1. The number of hydrogen-bond acceptors (Lipinski definition) is 4. The number of benzene rings is 1. The Bertz CT molecular complexity index is 856. The minimum Gasteiger partial charge on any atom is -0.477 e. The maximum absolute atomic E-state index is 13.7. The maximum Gasteiger partial charge on any atom is 0.344 e. The molecule has 1 fully saturated rings. The van der Waals surface area contributed by atoms with Crippen molar-refractivity contribution in [2.75, 3.05) is 31.2 Å². The Morgan fingerprint density at radius 3 is 2.76 bits per heavy atom. The smallest absolute Gasteiger partial charge is 0.344 e. The number of ether oxygens (including phenoxy) is 1. The van der Waals surface area contributed by atoms with Crippen molar-refractivity contribution in [2.24, 2.45) is 0 Å². The normalized spacial score (nSPS) is 14.4. The van der Waals surface area contributed by atoms with E-state index in [1.165, 1.54) is 12.1 Å². The van der Waals surface area contributed by atoms with Crippen LogP contribution in [-0.4, -0.2) is 37.4 Å². The lowest BCUT2D eigenvalue weighted by atomic mass is 10.0. The number of carboxylic acid groups (broad SMARTS) is 1. The number of carbonyl (C=O) groups is 1. The van der Waals surface area contributed by atoms with E-state index in [0.29, 0.717) is 48.1 Å². The first-order valence-electron chi connectivity index (χ1n) is 7.54. The lowest BCUT2D eigenvalue weighted by Crippen LogP contribution is -2.35. The molecule has 25 heavy (non-hydrogen) atoms. The van der Waals surface area contributed by atoms with E-state index in [1.807, 2.05) is 4.90 Å². The van der Waals surface area contributed by atoms with Crippen molar-refractivity contribution in [1.82, 2.24) is 0 Å². The molecule has 2 aromatic rings. The van der Waals surface area contributed by atoms with E-state index < -0.39 is 11.8 Å². The number of aromatic carboxylic acids is 1. The molecule has 0 aliphatic carbocycles. The topological polar surface area (TPSA) is 54.1 Å². The number of carboxylic acids is 1. The highest BCUT2D eigenvalue weighted by Crippen LogP contribution is 2.44. The Morgan fingerprint density at radius 1 is 1.44 bits per heavy atom. The number of anilines is 1. The second-order valence-corrected chi connectivity index (χ2v) is 6.91. The molecule has 5 nitrogen and oxygen atoms in total. The number of halogens is 2. The van der Waals surface area contributed by atoms with Gasteiger partial charge in [0, 0.05) is 13.1 Å². The highest BCUT2D eigenvalue weighted by atomic mass is 35.5. The second kappa shape index (κ2) is 7.40. The van der Waals surface area contributed by atoms with E-state index in [2.05, 4.69) is 4.85 Å². The number of rotatable bonds is 4. The van der Waals surface area contributed by atoms with Gasteiger partial charge in [-0.25, -0.2) is 14.0 Å². The van der Waals surface area contributed by atoms with Gasteiger partial charge in [0.05, 0.1) is 29.8 Å². The average Bonchev–Trinajstić information content (AvgIpc) is 2.97. The van der Waals surface area contributed by atoms with Gasteiger partial charge in [-0.05, 0) is 29.7 Å². The van der Waals surface area contributed by atoms with Gasteiger partial charge in [0.25, 0.3) is 0 Å². The quantitative estimate of drug-likeness (QED) is 0.807. The summed E-state index contributed by atoms with van der Waals surface area (Å²) in [7, 11) is 0. The van der Waals surface area contributed by atoms with E-state index >= 15 is 0 Å². The predicted molar refractivity (Wildman–Crippen MR) is 94.8 cm³/mol. The van der Waals surface area contributed by atoms with E-state index in [9.17, 15) is 14.3 Å². The summed E-state index contributed by atoms with van der Waals surface area (Å²) in [5.74, 6) is -1.65. The lowest BCUT2D eigenvalue weighted by molar-refractivity contribution is 0.0701. The first kappa shape index (κ1) is 17.7. The van der Waals surface area contributed by atoms with Crippen LogP contribution in [0.25, 0.3) is 4.85 Å². The zero-order valence-corrected chi connectivity index (χ0v) is 14.7. The average molecular weight is 381 g/mol. The number of hydrogen-bond donors (Lipinski definition) is 1. The molecule has 130 valence electrons. The van der Waals surface area contributed by atoms with Gasteiger partial charge in [0.1, 0.15) is 10.7 Å². The van der Waals surface area contributed by atoms with E-state index in [4.69, 9.17) is 22.9 Å². The fraction of sp³-hybridized carbons (Fsp3) is 0.294. The molecule has 1 aliphatic rings. The van der Waals surface area contributed by atoms with E-state index in [1.54, 1.807) is 6.07 Å². The summed E-state index contributed by atoms with van der Waals surface area (Å²) in [6, 6.07) is 4.34. The van der Waals surface area contributed by atoms with Gasteiger partial charge in [-0.1, -0.05) is 17.7 Å². The molecule has 1 aromatic carbocycles. The van der Waals surface area contributed by atoms with Crippen LogP contribution in [-0.2, 0) is 11.2 Å². The molecule has 1 aliphatic heterocycles. The van der Waals surface area contributed by atoms with Gasteiger partial charge in [-0.3, -0.25) is 0 Å². The third-order valence-corrected chi connectivity index (χ3v) is 5.51. The summed E-state index contributed by atoms with van der Waals surface area (Å²) in [6.45, 7) is 9.82. The number of morpholine rings is 1. The van der Waals surface area contributed by atoms with Crippen molar-refractivity contribution >= 4 is 39.6 Å². The third kappa shape index (κ3) is 3.61. The van der Waals surface area contributed by atoms with E-state index in [0.717, 1.165) is 11.3 Å². The molecule has 2 heterocycles. The van der Waals surface area contributed by atoms with Crippen LogP contribution in [0.1, 0.15) is 20.8 Å². The number of thiophene rings is 1. The summed E-state index contributed by atoms with van der Waals surface area (Å²) >= 11 is 6.78. The molecule has 1 N–H and O–H groups in total. The van der Waals surface area contributed by atoms with Gasteiger partial charge in [-0.15, -0.1) is 11.3 Å². The Morgan fingerprint density at radius 2 is 2.16 bits per heavy atom. The summed E-state index contributed by atoms with van der Waals surface area (Å²) in [5, 5.41) is 10.2. The fourth-order valence-corrected chi connectivity index (χ4v) is 4.00. The van der Waals surface area contributed by atoms with Gasteiger partial charge in [0.15, 0.2) is 0 Å². The first-order valence-corrected chi connectivity index (χ1v) is 8.73. The fourth-order valence-electron chi connectivity index (χ4n) is 2.73. The van der Waals surface area contributed by atoms with Gasteiger partial charge < -0.3 is 14.7 Å². The summed E-state index contributed by atoms with van der Waals surface area (Å²) in [5.41, 5.74) is 1.30. The lowest BCUT2D eigenvalue weighted by Gasteiger charge is -2.28. The molecule has 3 rings (SSSR count). The molecule has 0 unspecified atom stereocenters. The van der Waals surface area contributed by atoms with Crippen LogP contribution in [0.15, 0.2) is 18.2 Å². The van der Waals surface area contributed by atoms with Crippen LogP contribution in [0.4, 0.5) is 15.1 Å². The monoisotopic (exact) mass is 380 g/mol. The molecule has 0 radical (unpaired) electrons. The molecule has 0 amide bonds. The van der Waals surface area contributed by atoms with E-state index in [-0.39, 0.29) is 16.3 Å². The standard InChI is InChI=1S/C17H14ClFN2O3S/c1-20-14-11(8-10-2-3-12(18)13(19)9-10)15(17(22)23)25-16(14)21-4-6-24-7-5-21/h2-3,9H,4-8H2,(H,22,23).